The SMILES string of the molecule is N#Cc1ccc2c3cc4c(c5c6ccc(C#N)cc6n(c2c1)c35)S(=O)(=O)c1cccc2cccc-4c12. The third-order valence-electron chi connectivity index (χ3n) is 7.49. The lowest BCUT2D eigenvalue weighted by Gasteiger charge is -2.22. The molecule has 0 N–H and O–H groups in total. The summed E-state index contributed by atoms with van der Waals surface area (Å²) in [5, 5.41) is 24.1. The quantitative estimate of drug-likeness (QED) is 0.247. The van der Waals surface area contributed by atoms with Crippen molar-refractivity contribution < 1.29 is 8.42 Å². The van der Waals surface area contributed by atoms with E-state index >= 15 is 0 Å². The highest BCUT2D eigenvalue weighted by Crippen LogP contribution is 2.51. The van der Waals surface area contributed by atoms with Crippen LogP contribution in [-0.2, 0) is 9.84 Å². The minimum Gasteiger partial charge on any atom is -0.308 e. The zero-order chi connectivity index (χ0) is 24.3. The van der Waals surface area contributed by atoms with E-state index in [4.69, 9.17) is 0 Å². The van der Waals surface area contributed by atoms with E-state index in [1.807, 2.05) is 52.9 Å². The maximum Gasteiger partial charge on any atom is 0.208 e. The molecule has 5 aromatic carbocycles. The molecular weight excluding hydrogens is 466 g/mol. The molecule has 2 aromatic heterocycles. The minimum absolute atomic E-state index is 0.300. The minimum atomic E-state index is -3.85. The normalized spacial score (nSPS) is 13.9. The average Bonchev–Trinajstić information content (AvgIpc) is 3.41. The molecule has 0 radical (unpaired) electrons. The number of benzene rings is 5. The number of fused-ring (bicyclic) bond motifs is 9. The van der Waals surface area contributed by atoms with Crippen molar-refractivity contribution in [3.05, 3.63) is 90.0 Å². The standard InChI is InChI=1S/C30H13N3O2S/c31-14-16-7-9-19-22-13-23-20-5-1-3-18-4-2-6-26(27(18)20)36(34,35)30(23)28-21-10-8-17(15-32)12-25(21)33(29(22)28)24(19)11-16/h1-13H. The molecule has 0 spiro atoms. The fourth-order valence-corrected chi connectivity index (χ4v) is 7.98. The van der Waals surface area contributed by atoms with Crippen molar-refractivity contribution in [1.82, 2.24) is 4.40 Å². The van der Waals surface area contributed by atoms with Crippen molar-refractivity contribution in [3.8, 4) is 23.3 Å². The molecule has 0 unspecified atom stereocenters. The summed E-state index contributed by atoms with van der Waals surface area (Å²) in [5.41, 5.74) is 4.93. The zero-order valence-electron chi connectivity index (χ0n) is 18.6. The van der Waals surface area contributed by atoms with E-state index in [-0.39, 0.29) is 0 Å². The molecule has 3 heterocycles. The molecule has 0 saturated carbocycles. The van der Waals surface area contributed by atoms with Crippen molar-refractivity contribution in [3.63, 3.8) is 0 Å². The van der Waals surface area contributed by atoms with Gasteiger partial charge in [-0.15, -0.1) is 0 Å². The molecule has 0 aliphatic carbocycles. The number of aromatic nitrogens is 1. The Hall–Kier alpha value is -4.91. The maximum absolute atomic E-state index is 14.3. The third kappa shape index (κ3) is 2.08. The predicted octanol–water partition coefficient (Wildman–Crippen LogP) is 6.55. The summed E-state index contributed by atoms with van der Waals surface area (Å²) >= 11 is 0. The van der Waals surface area contributed by atoms with E-state index in [0.717, 1.165) is 49.0 Å². The van der Waals surface area contributed by atoms with E-state index in [2.05, 4.69) is 12.1 Å². The lowest BCUT2D eigenvalue weighted by molar-refractivity contribution is 0.597. The van der Waals surface area contributed by atoms with E-state index in [1.54, 1.807) is 30.3 Å². The molecule has 5 nitrogen and oxygen atoms in total. The van der Waals surface area contributed by atoms with Crippen LogP contribution >= 0.6 is 0 Å². The first-order chi connectivity index (χ1) is 17.5. The summed E-state index contributed by atoms with van der Waals surface area (Å²) in [4.78, 5) is 0.615. The molecule has 166 valence electrons. The van der Waals surface area contributed by atoms with Crippen molar-refractivity contribution in [1.29, 1.82) is 10.5 Å². The van der Waals surface area contributed by atoms with Crippen molar-refractivity contribution in [2.75, 3.05) is 0 Å². The van der Waals surface area contributed by atoms with Crippen LogP contribution in [0.1, 0.15) is 11.1 Å². The van der Waals surface area contributed by atoms with Crippen LogP contribution in [0.15, 0.2) is 88.7 Å². The second kappa shape index (κ2) is 6.20. The van der Waals surface area contributed by atoms with E-state index in [1.165, 1.54) is 0 Å². The molecular formula is C30H13N3O2S. The first-order valence-corrected chi connectivity index (χ1v) is 12.9. The van der Waals surface area contributed by atoms with Crippen molar-refractivity contribution in [2.45, 2.75) is 9.79 Å². The Morgan fingerprint density at radius 1 is 0.667 bits per heavy atom. The predicted molar refractivity (Wildman–Crippen MR) is 139 cm³/mol. The molecule has 1 aliphatic rings. The highest BCUT2D eigenvalue weighted by molar-refractivity contribution is 7.92. The van der Waals surface area contributed by atoms with Crippen molar-refractivity contribution >= 4 is 58.7 Å². The number of hydrogen-bond donors (Lipinski definition) is 0. The lowest BCUT2D eigenvalue weighted by atomic mass is 9.94. The van der Waals surface area contributed by atoms with Crippen LogP contribution in [0, 0.1) is 22.7 Å². The number of nitriles is 2. The maximum atomic E-state index is 14.3. The third-order valence-corrected chi connectivity index (χ3v) is 9.37. The van der Waals surface area contributed by atoms with Gasteiger partial charge in [0, 0.05) is 32.5 Å². The van der Waals surface area contributed by atoms with Crippen LogP contribution < -0.4 is 0 Å². The fourth-order valence-electron chi connectivity index (χ4n) is 6.07. The van der Waals surface area contributed by atoms with Gasteiger partial charge >= 0.3 is 0 Å². The summed E-state index contributed by atoms with van der Waals surface area (Å²) in [6, 6.07) is 28.6. The van der Waals surface area contributed by atoms with Gasteiger partial charge in [0.2, 0.25) is 9.84 Å². The highest BCUT2D eigenvalue weighted by atomic mass is 32.2. The number of hydrogen-bond acceptors (Lipinski definition) is 4. The van der Waals surface area contributed by atoms with Gasteiger partial charge < -0.3 is 4.40 Å². The van der Waals surface area contributed by atoms with Gasteiger partial charge in [0.05, 0.1) is 49.6 Å². The van der Waals surface area contributed by atoms with Crippen LogP contribution in [0.25, 0.3) is 60.0 Å². The van der Waals surface area contributed by atoms with Crippen LogP contribution in [0.3, 0.4) is 0 Å². The van der Waals surface area contributed by atoms with E-state index in [0.29, 0.717) is 31.9 Å². The summed E-state index contributed by atoms with van der Waals surface area (Å²) < 4.78 is 30.6. The van der Waals surface area contributed by atoms with Crippen LogP contribution in [0.4, 0.5) is 0 Å². The van der Waals surface area contributed by atoms with Gasteiger partial charge in [-0.1, -0.05) is 42.5 Å². The molecule has 8 rings (SSSR count). The monoisotopic (exact) mass is 479 g/mol. The average molecular weight is 480 g/mol. The Bertz CT molecular complexity index is 2340. The van der Waals surface area contributed by atoms with Gasteiger partial charge in [0.15, 0.2) is 0 Å². The van der Waals surface area contributed by atoms with Gasteiger partial charge in [-0.2, -0.15) is 10.5 Å². The Labute approximate surface area is 204 Å². The van der Waals surface area contributed by atoms with E-state index in [9.17, 15) is 18.9 Å². The summed E-state index contributed by atoms with van der Waals surface area (Å²) in [5.74, 6) is 0. The molecule has 1 aliphatic heterocycles. The van der Waals surface area contributed by atoms with E-state index < -0.39 is 9.84 Å². The topological polar surface area (TPSA) is 86.1 Å². The summed E-state index contributed by atoms with van der Waals surface area (Å²) in [6.45, 7) is 0. The smallest absolute Gasteiger partial charge is 0.208 e. The highest BCUT2D eigenvalue weighted by Gasteiger charge is 2.35. The largest absolute Gasteiger partial charge is 0.308 e. The van der Waals surface area contributed by atoms with Gasteiger partial charge in [0.25, 0.3) is 0 Å². The van der Waals surface area contributed by atoms with Gasteiger partial charge in [0.1, 0.15) is 0 Å². The molecule has 0 bridgehead atoms. The van der Waals surface area contributed by atoms with Gasteiger partial charge in [-0.05, 0) is 47.3 Å². The zero-order valence-corrected chi connectivity index (χ0v) is 19.4. The van der Waals surface area contributed by atoms with Gasteiger partial charge in [-0.3, -0.25) is 0 Å². The summed E-state index contributed by atoms with van der Waals surface area (Å²) in [6.07, 6.45) is 0. The molecule has 0 amide bonds. The molecule has 0 atom stereocenters. The Morgan fingerprint density at radius 2 is 1.33 bits per heavy atom. The van der Waals surface area contributed by atoms with Crippen LogP contribution in [-0.4, -0.2) is 12.8 Å². The van der Waals surface area contributed by atoms with Crippen molar-refractivity contribution in [2.24, 2.45) is 0 Å². The number of rotatable bonds is 0. The Balaban J connectivity index is 1.74. The molecule has 0 fully saturated rings. The fraction of sp³-hybridized carbons (Fsp3) is 0. The molecule has 7 aromatic rings. The summed E-state index contributed by atoms with van der Waals surface area (Å²) in [7, 11) is -3.85. The molecule has 6 heteroatoms. The molecule has 36 heavy (non-hydrogen) atoms. The number of nitrogens with zero attached hydrogens (tertiary/aromatic N) is 3. The molecule has 0 saturated heterocycles. The lowest BCUT2D eigenvalue weighted by Crippen LogP contribution is -2.10. The second-order valence-electron chi connectivity index (χ2n) is 9.21. The second-order valence-corrected chi connectivity index (χ2v) is 11.1. The van der Waals surface area contributed by atoms with Crippen LogP contribution in [0.5, 0.6) is 0 Å². The first-order valence-electron chi connectivity index (χ1n) is 11.4. The number of sulfone groups is 1. The Kier molecular flexibility index (Phi) is 3.34. The first kappa shape index (κ1) is 19.4. The van der Waals surface area contributed by atoms with Gasteiger partial charge in [-0.25, -0.2) is 8.42 Å². The Morgan fingerprint density at radius 3 is 2.06 bits per heavy atom. The van der Waals surface area contributed by atoms with Crippen LogP contribution in [0.2, 0.25) is 0 Å².